The average Bonchev–Trinajstić information content (AvgIpc) is 2.33. The quantitative estimate of drug-likeness (QED) is 0.272. The van der Waals surface area contributed by atoms with Crippen molar-refractivity contribution in [2.45, 2.75) is 18.9 Å². The molecule has 0 saturated carbocycles. The van der Waals surface area contributed by atoms with Crippen molar-refractivity contribution in [3.8, 4) is 0 Å². The number of carbonyl (C=O) groups excluding carboxylic acids is 2. The Kier molecular flexibility index (Phi) is 8.99. The van der Waals surface area contributed by atoms with Crippen molar-refractivity contribution >= 4 is 22.7 Å². The van der Waals surface area contributed by atoms with Gasteiger partial charge in [0.25, 0.3) is 0 Å². The van der Waals surface area contributed by atoms with Gasteiger partial charge in [0.2, 0.25) is 0 Å². The zero-order valence-electron chi connectivity index (χ0n) is 9.78. The molecule has 0 fully saturated rings. The number of ether oxygens (including phenoxy) is 1. The predicted octanol–water partition coefficient (Wildman–Crippen LogP) is -0.362. The molecule has 2 unspecified atom stereocenters. The van der Waals surface area contributed by atoms with E-state index in [4.69, 9.17) is 10.2 Å². The van der Waals surface area contributed by atoms with E-state index in [-0.39, 0.29) is 18.6 Å². The van der Waals surface area contributed by atoms with E-state index in [2.05, 4.69) is 11.3 Å². The molecule has 0 rings (SSSR count). The van der Waals surface area contributed by atoms with Gasteiger partial charge in [0.05, 0.1) is 12.7 Å². The van der Waals surface area contributed by atoms with E-state index in [0.29, 0.717) is 0 Å². The van der Waals surface area contributed by atoms with Crippen molar-refractivity contribution in [1.82, 2.24) is 0 Å². The molecule has 0 aliphatic heterocycles. The van der Waals surface area contributed by atoms with E-state index in [1.54, 1.807) is 0 Å². The van der Waals surface area contributed by atoms with Crippen LogP contribution in [0.25, 0.3) is 0 Å². The fourth-order valence-electron chi connectivity index (χ4n) is 0.876. The zero-order valence-corrected chi connectivity index (χ0v) is 10.6. The Labute approximate surface area is 107 Å². The van der Waals surface area contributed by atoms with Crippen LogP contribution in [0.4, 0.5) is 0 Å². The Balaban J connectivity index is 3.97. The number of hydrogen-bond donors (Lipinski definition) is 2. The third-order valence-electron chi connectivity index (χ3n) is 1.74. The monoisotopic (exact) mass is 276 g/mol. The van der Waals surface area contributed by atoms with Gasteiger partial charge in [-0.15, -0.1) is 6.58 Å². The second-order valence-electron chi connectivity index (χ2n) is 3.31. The molecule has 6 nitrogen and oxygen atoms in total. The van der Waals surface area contributed by atoms with Gasteiger partial charge >= 0.3 is 11.9 Å². The lowest BCUT2D eigenvalue weighted by molar-refractivity contribution is -0.156. The van der Waals surface area contributed by atoms with Crippen molar-refractivity contribution in [3.05, 3.63) is 24.1 Å². The molecule has 2 atom stereocenters. The van der Waals surface area contributed by atoms with Crippen molar-refractivity contribution in [3.63, 3.8) is 0 Å². The number of esters is 2. The zero-order chi connectivity index (χ0) is 14.0. The van der Waals surface area contributed by atoms with Crippen LogP contribution in [0.2, 0.25) is 0 Å². The van der Waals surface area contributed by atoms with Crippen LogP contribution in [0.1, 0.15) is 12.8 Å². The first-order chi connectivity index (χ1) is 8.49. The number of carbonyl (C=O) groups is 2. The molecule has 18 heavy (non-hydrogen) atoms. The summed E-state index contributed by atoms with van der Waals surface area (Å²) >= 11 is 0. The Bertz CT molecular complexity index is 349. The fraction of sp³-hybridized carbons (Fsp3) is 0.455. The topological polar surface area (TPSA) is 101 Å². The second kappa shape index (κ2) is 9.69. The maximum atomic E-state index is 11.1. The number of hydrogen-bond acceptors (Lipinski definition) is 6. The molecule has 102 valence electrons. The molecular formula is C11H16O6S. The molecule has 0 aromatic carbocycles. The molecule has 2 N–H and O–H groups in total. The lowest BCUT2D eigenvalue weighted by Gasteiger charge is -2.04. The summed E-state index contributed by atoms with van der Waals surface area (Å²) in [6.07, 6.45) is 1.15. The van der Waals surface area contributed by atoms with Crippen LogP contribution < -0.4 is 0 Å². The van der Waals surface area contributed by atoms with E-state index in [1.807, 2.05) is 0 Å². The van der Waals surface area contributed by atoms with E-state index in [1.165, 1.54) is 6.08 Å². The summed E-state index contributed by atoms with van der Waals surface area (Å²) < 4.78 is 15.4. The predicted molar refractivity (Wildman–Crippen MR) is 65.8 cm³/mol. The van der Waals surface area contributed by atoms with Crippen LogP contribution in [0, 0.1) is 0 Å². The van der Waals surface area contributed by atoms with Crippen LogP contribution in [-0.4, -0.2) is 44.8 Å². The van der Waals surface area contributed by atoms with E-state index < -0.39 is 35.4 Å². The summed E-state index contributed by atoms with van der Waals surface area (Å²) in [6, 6.07) is 0. The highest BCUT2D eigenvalue weighted by molar-refractivity contribution is 7.88. The van der Waals surface area contributed by atoms with E-state index in [9.17, 15) is 13.8 Å². The van der Waals surface area contributed by atoms with Gasteiger partial charge in [-0.25, -0.2) is 4.79 Å². The summed E-state index contributed by atoms with van der Waals surface area (Å²) in [5.41, 5.74) is 0. The minimum atomic E-state index is -1.35. The first-order valence-electron chi connectivity index (χ1n) is 5.19. The molecule has 0 aromatic heterocycles. The van der Waals surface area contributed by atoms with Crippen molar-refractivity contribution in [1.29, 1.82) is 0 Å². The summed E-state index contributed by atoms with van der Waals surface area (Å²) in [4.78, 5) is 22.2. The first-order valence-corrected chi connectivity index (χ1v) is 6.57. The smallest absolute Gasteiger partial charge is 0.339 e. The first kappa shape index (κ1) is 16.7. The number of aliphatic hydroxyl groups excluding tert-OH is 2. The average molecular weight is 276 g/mol. The summed E-state index contributed by atoms with van der Waals surface area (Å²) in [6.45, 7) is 2.93. The Hall–Kier alpha value is -1.31. The van der Waals surface area contributed by atoms with Crippen LogP contribution in [0.15, 0.2) is 24.1 Å². The standard InChI is InChI=1S/C11H16O6S/c1-2-6-18(16)7-5-11(15)17-10(14)4-3-9(13)8-12/h2,5,7,9,12-13H,1,3-4,6,8H2. The SMILES string of the molecule is C=CCS(=O)C=CC(=O)OC(=O)CCC(O)CO. The van der Waals surface area contributed by atoms with Crippen LogP contribution in [-0.2, 0) is 25.1 Å². The van der Waals surface area contributed by atoms with Crippen LogP contribution in [0.5, 0.6) is 0 Å². The normalized spacial score (nSPS) is 14.1. The third kappa shape index (κ3) is 8.80. The molecule has 0 amide bonds. The summed E-state index contributed by atoms with van der Waals surface area (Å²) in [5, 5.41) is 18.6. The molecule has 0 saturated heterocycles. The maximum absolute atomic E-state index is 11.1. The minimum Gasteiger partial charge on any atom is -0.394 e. The summed E-state index contributed by atoms with van der Waals surface area (Å²) in [7, 11) is -1.35. The highest BCUT2D eigenvalue weighted by atomic mass is 32.2. The molecule has 0 aliphatic carbocycles. The Morgan fingerprint density at radius 3 is 2.67 bits per heavy atom. The summed E-state index contributed by atoms with van der Waals surface area (Å²) in [5.74, 6) is -1.52. The molecule has 0 bridgehead atoms. The van der Waals surface area contributed by atoms with Gasteiger partial charge in [-0.1, -0.05) is 6.08 Å². The maximum Gasteiger partial charge on any atom is 0.339 e. The lowest BCUT2D eigenvalue weighted by Crippen LogP contribution is -2.16. The van der Waals surface area contributed by atoms with E-state index >= 15 is 0 Å². The van der Waals surface area contributed by atoms with Gasteiger partial charge < -0.3 is 14.9 Å². The van der Waals surface area contributed by atoms with Crippen LogP contribution in [0.3, 0.4) is 0 Å². The number of aliphatic hydroxyl groups is 2. The van der Waals surface area contributed by atoms with Crippen molar-refractivity contribution in [2.75, 3.05) is 12.4 Å². The van der Waals surface area contributed by atoms with Gasteiger partial charge in [-0.05, 0) is 6.42 Å². The highest BCUT2D eigenvalue weighted by Crippen LogP contribution is 1.99. The molecule has 0 radical (unpaired) electrons. The van der Waals surface area contributed by atoms with E-state index in [0.717, 1.165) is 11.5 Å². The minimum absolute atomic E-state index is 0.00865. The van der Waals surface area contributed by atoms with Crippen molar-refractivity contribution in [2.24, 2.45) is 0 Å². The van der Waals surface area contributed by atoms with Gasteiger partial charge in [0.15, 0.2) is 0 Å². The number of rotatable bonds is 8. The van der Waals surface area contributed by atoms with Crippen LogP contribution >= 0.6 is 0 Å². The van der Waals surface area contributed by atoms with Gasteiger partial charge in [0.1, 0.15) is 0 Å². The molecule has 0 aliphatic rings. The molecule has 0 heterocycles. The van der Waals surface area contributed by atoms with Gasteiger partial charge in [-0.3, -0.25) is 9.00 Å². The third-order valence-corrected chi connectivity index (χ3v) is 2.75. The Morgan fingerprint density at radius 2 is 2.11 bits per heavy atom. The lowest BCUT2D eigenvalue weighted by atomic mass is 10.2. The molecule has 7 heteroatoms. The highest BCUT2D eigenvalue weighted by Gasteiger charge is 2.11. The van der Waals surface area contributed by atoms with Gasteiger partial charge in [0, 0.05) is 34.5 Å². The fourth-order valence-corrected chi connectivity index (χ4v) is 1.48. The second-order valence-corrected chi connectivity index (χ2v) is 4.67. The Morgan fingerprint density at radius 1 is 1.44 bits per heavy atom. The molecule has 0 aromatic rings. The van der Waals surface area contributed by atoms with Crippen molar-refractivity contribution < 1.29 is 28.7 Å². The largest absolute Gasteiger partial charge is 0.394 e. The van der Waals surface area contributed by atoms with Gasteiger partial charge in [-0.2, -0.15) is 0 Å². The molecular weight excluding hydrogens is 260 g/mol. The molecule has 0 spiro atoms.